The molecule has 1 saturated heterocycles. The molecule has 1 saturated carbocycles. The fraction of sp³-hybridized carbons (Fsp3) is 0.765. The smallest absolute Gasteiger partial charge is 0.328 e. The Balaban J connectivity index is 1.98. The summed E-state index contributed by atoms with van der Waals surface area (Å²) in [6.45, 7) is 8.50. The number of rotatable bonds is 5. The lowest BCUT2D eigenvalue weighted by molar-refractivity contribution is -0.156. The maximum Gasteiger partial charge on any atom is 0.328 e. The molecule has 1 aliphatic heterocycles. The lowest BCUT2D eigenvalue weighted by atomic mass is 9.78. The van der Waals surface area contributed by atoms with E-state index in [2.05, 4.69) is 13.5 Å². The Hall–Kier alpha value is -1.36. The fourth-order valence-electron chi connectivity index (χ4n) is 3.53. The summed E-state index contributed by atoms with van der Waals surface area (Å²) in [5.41, 5.74) is 1.13. The van der Waals surface area contributed by atoms with Crippen LogP contribution in [-0.2, 0) is 19.1 Å². The first-order valence-corrected chi connectivity index (χ1v) is 8.08. The predicted octanol–water partition coefficient (Wildman–Crippen LogP) is 2.51. The normalized spacial score (nSPS) is 32.1. The van der Waals surface area contributed by atoms with Crippen LogP contribution < -0.4 is 0 Å². The molecule has 2 aliphatic rings. The molecule has 1 amide bonds. The minimum Gasteiger partial charge on any atom is -0.467 e. The molecule has 124 valence electrons. The van der Waals surface area contributed by atoms with Gasteiger partial charge in [0, 0.05) is 12.3 Å². The summed E-state index contributed by atoms with van der Waals surface area (Å²) in [6, 6.07) is -0.498. The first-order valence-electron chi connectivity index (χ1n) is 8.08. The molecule has 0 spiro atoms. The van der Waals surface area contributed by atoms with Crippen molar-refractivity contribution in [3.05, 3.63) is 12.2 Å². The number of amides is 1. The molecule has 5 heteroatoms. The molecular formula is C17H27NO4. The average molecular weight is 309 g/mol. The lowest BCUT2D eigenvalue weighted by Gasteiger charge is -2.36. The Morgan fingerprint density at radius 1 is 1.36 bits per heavy atom. The van der Waals surface area contributed by atoms with E-state index in [0.717, 1.165) is 18.4 Å². The van der Waals surface area contributed by atoms with Crippen LogP contribution in [0.15, 0.2) is 12.2 Å². The van der Waals surface area contributed by atoms with Gasteiger partial charge < -0.3 is 14.4 Å². The standard InChI is InChI=1S/C17H27NO4/c1-11(2)13-6-5-12(3)9-15(13)22-10-18-14(17(20)21-4)7-8-16(18)19/h12-15H,1,5-10H2,2-4H3/t12-,13+,14+,15-/m1/s1. The van der Waals surface area contributed by atoms with Gasteiger partial charge in [0.05, 0.1) is 13.2 Å². The van der Waals surface area contributed by atoms with Gasteiger partial charge in [-0.25, -0.2) is 4.79 Å². The van der Waals surface area contributed by atoms with Crippen LogP contribution in [0.5, 0.6) is 0 Å². The topological polar surface area (TPSA) is 55.8 Å². The molecule has 22 heavy (non-hydrogen) atoms. The van der Waals surface area contributed by atoms with E-state index >= 15 is 0 Å². The largest absolute Gasteiger partial charge is 0.467 e. The number of nitrogens with zero attached hydrogens (tertiary/aromatic N) is 1. The van der Waals surface area contributed by atoms with Crippen molar-refractivity contribution in [3.63, 3.8) is 0 Å². The molecule has 2 fully saturated rings. The van der Waals surface area contributed by atoms with Gasteiger partial charge in [0.15, 0.2) is 0 Å². The summed E-state index contributed by atoms with van der Waals surface area (Å²) >= 11 is 0. The number of likely N-dealkylation sites (tertiary alicyclic amines) is 1. The third-order valence-electron chi connectivity index (χ3n) is 4.92. The molecule has 1 aliphatic carbocycles. The Labute approximate surface area is 132 Å². The predicted molar refractivity (Wildman–Crippen MR) is 82.9 cm³/mol. The summed E-state index contributed by atoms with van der Waals surface area (Å²) < 4.78 is 10.8. The minimum absolute atomic E-state index is 0.0360. The van der Waals surface area contributed by atoms with Crippen molar-refractivity contribution in [1.29, 1.82) is 0 Å². The second-order valence-electron chi connectivity index (χ2n) is 6.65. The van der Waals surface area contributed by atoms with E-state index in [9.17, 15) is 9.59 Å². The molecule has 5 nitrogen and oxygen atoms in total. The second kappa shape index (κ2) is 7.27. The zero-order chi connectivity index (χ0) is 16.3. The highest BCUT2D eigenvalue weighted by molar-refractivity contribution is 5.88. The Kier molecular flexibility index (Phi) is 5.62. The summed E-state index contributed by atoms with van der Waals surface area (Å²) in [7, 11) is 1.35. The summed E-state index contributed by atoms with van der Waals surface area (Å²) in [4.78, 5) is 25.3. The van der Waals surface area contributed by atoms with E-state index in [1.54, 1.807) is 0 Å². The van der Waals surface area contributed by atoms with Crippen LogP contribution in [0.2, 0.25) is 0 Å². The van der Waals surface area contributed by atoms with Crippen LogP contribution in [0.25, 0.3) is 0 Å². The second-order valence-corrected chi connectivity index (χ2v) is 6.65. The van der Waals surface area contributed by atoms with Crippen molar-refractivity contribution in [1.82, 2.24) is 4.90 Å². The molecule has 0 aromatic heterocycles. The molecule has 0 unspecified atom stereocenters. The molecule has 0 aromatic carbocycles. The summed E-state index contributed by atoms with van der Waals surface area (Å²) in [6.07, 6.45) is 4.21. The van der Waals surface area contributed by atoms with Crippen LogP contribution in [0.1, 0.15) is 46.0 Å². The number of esters is 1. The van der Waals surface area contributed by atoms with Gasteiger partial charge in [-0.2, -0.15) is 0 Å². The summed E-state index contributed by atoms with van der Waals surface area (Å²) in [5, 5.41) is 0. The Bertz CT molecular complexity index is 448. The highest BCUT2D eigenvalue weighted by atomic mass is 16.5. The molecule has 2 rings (SSSR count). The van der Waals surface area contributed by atoms with Crippen LogP contribution in [0.4, 0.5) is 0 Å². The van der Waals surface area contributed by atoms with Crippen LogP contribution >= 0.6 is 0 Å². The lowest BCUT2D eigenvalue weighted by Crippen LogP contribution is -2.43. The van der Waals surface area contributed by atoms with E-state index in [1.165, 1.54) is 18.4 Å². The molecular weight excluding hydrogens is 282 g/mol. The zero-order valence-corrected chi connectivity index (χ0v) is 13.8. The maximum absolute atomic E-state index is 12.0. The van der Waals surface area contributed by atoms with Crippen molar-refractivity contribution < 1.29 is 19.1 Å². The number of ether oxygens (including phenoxy) is 2. The zero-order valence-electron chi connectivity index (χ0n) is 13.8. The monoisotopic (exact) mass is 309 g/mol. The van der Waals surface area contributed by atoms with Crippen LogP contribution in [0.3, 0.4) is 0 Å². The quantitative estimate of drug-likeness (QED) is 0.578. The van der Waals surface area contributed by atoms with Crippen LogP contribution in [-0.4, -0.2) is 42.8 Å². The average Bonchev–Trinajstić information content (AvgIpc) is 2.85. The molecule has 0 bridgehead atoms. The Morgan fingerprint density at radius 3 is 2.73 bits per heavy atom. The van der Waals surface area contributed by atoms with E-state index in [4.69, 9.17) is 9.47 Å². The highest BCUT2D eigenvalue weighted by Crippen LogP contribution is 2.35. The van der Waals surface area contributed by atoms with Crippen molar-refractivity contribution in [3.8, 4) is 0 Å². The summed E-state index contributed by atoms with van der Waals surface area (Å²) in [5.74, 6) is 0.561. The van der Waals surface area contributed by atoms with E-state index in [-0.39, 0.29) is 24.7 Å². The minimum atomic E-state index is -0.498. The van der Waals surface area contributed by atoms with Gasteiger partial charge in [0.1, 0.15) is 12.8 Å². The maximum atomic E-state index is 12.0. The molecule has 0 aromatic rings. The van der Waals surface area contributed by atoms with Gasteiger partial charge in [-0.1, -0.05) is 19.1 Å². The van der Waals surface area contributed by atoms with Crippen molar-refractivity contribution in [2.24, 2.45) is 11.8 Å². The van der Waals surface area contributed by atoms with Gasteiger partial charge in [-0.15, -0.1) is 0 Å². The van der Waals surface area contributed by atoms with E-state index in [0.29, 0.717) is 24.7 Å². The Morgan fingerprint density at radius 2 is 2.09 bits per heavy atom. The third-order valence-corrected chi connectivity index (χ3v) is 4.92. The first kappa shape index (κ1) is 17.0. The number of carbonyl (C=O) groups excluding carboxylic acids is 2. The van der Waals surface area contributed by atoms with Gasteiger partial charge in [-0.3, -0.25) is 4.79 Å². The molecule has 0 N–H and O–H groups in total. The number of hydrogen-bond donors (Lipinski definition) is 0. The van der Waals surface area contributed by atoms with Crippen molar-refractivity contribution in [2.45, 2.75) is 58.1 Å². The fourth-order valence-corrected chi connectivity index (χ4v) is 3.53. The highest BCUT2D eigenvalue weighted by Gasteiger charge is 2.38. The number of methoxy groups -OCH3 is 1. The molecule has 1 heterocycles. The molecule has 4 atom stereocenters. The molecule has 0 radical (unpaired) electrons. The third kappa shape index (κ3) is 3.69. The van der Waals surface area contributed by atoms with E-state index < -0.39 is 6.04 Å². The first-order chi connectivity index (χ1) is 10.4. The van der Waals surface area contributed by atoms with Gasteiger partial charge >= 0.3 is 5.97 Å². The van der Waals surface area contributed by atoms with Crippen molar-refractivity contribution in [2.75, 3.05) is 13.8 Å². The van der Waals surface area contributed by atoms with Gasteiger partial charge in [0.25, 0.3) is 0 Å². The van der Waals surface area contributed by atoms with Gasteiger partial charge in [-0.05, 0) is 38.5 Å². The van der Waals surface area contributed by atoms with Crippen molar-refractivity contribution >= 4 is 11.9 Å². The number of carbonyl (C=O) groups is 2. The van der Waals surface area contributed by atoms with E-state index in [1.807, 2.05) is 6.92 Å². The number of hydrogen-bond acceptors (Lipinski definition) is 4. The SMILES string of the molecule is C=C(C)[C@@H]1CC[C@@H](C)C[C@H]1OCN1C(=O)CC[C@H]1C(=O)OC. The van der Waals surface area contributed by atoms with Gasteiger partial charge in [0.2, 0.25) is 5.91 Å². The van der Waals surface area contributed by atoms with Crippen LogP contribution in [0, 0.1) is 11.8 Å².